The summed E-state index contributed by atoms with van der Waals surface area (Å²) in [5, 5.41) is 21.1. The molecule has 1 atom stereocenters. The van der Waals surface area contributed by atoms with E-state index in [0.29, 0.717) is 26.1 Å². The molecule has 3 heterocycles. The summed E-state index contributed by atoms with van der Waals surface area (Å²) in [6.45, 7) is 2.86. The number of nitrogens with zero attached hydrogens (tertiary/aromatic N) is 2. The molecule has 0 saturated carbocycles. The number of carbonyl (C=O) groups is 2. The molecule has 0 aromatic carbocycles. The number of carboxylic acid groups (broad SMARTS) is 1. The molecule has 2 saturated heterocycles. The molecule has 1 aromatic heterocycles. The van der Waals surface area contributed by atoms with Crippen LogP contribution in [0, 0.1) is 5.41 Å². The molecule has 29 heavy (non-hydrogen) atoms. The van der Waals surface area contributed by atoms with Crippen LogP contribution in [0.2, 0.25) is 5.02 Å². The lowest BCUT2D eigenvalue weighted by Gasteiger charge is -2.54. The van der Waals surface area contributed by atoms with Gasteiger partial charge in [0.25, 0.3) is 5.56 Å². The summed E-state index contributed by atoms with van der Waals surface area (Å²) in [7, 11) is 0. The predicted octanol–water partition coefficient (Wildman–Crippen LogP) is 1.59. The van der Waals surface area contributed by atoms with Gasteiger partial charge in [-0.05, 0) is 26.2 Å². The minimum Gasteiger partial charge on any atom is -0.465 e. The summed E-state index contributed by atoms with van der Waals surface area (Å²) in [4.78, 5) is 37.5. The number of hydrogen-bond acceptors (Lipinski definition) is 6. The molecular weight excluding hydrogens is 404 g/mol. The van der Waals surface area contributed by atoms with E-state index in [2.05, 4.69) is 0 Å². The fourth-order valence-corrected chi connectivity index (χ4v) is 4.51. The van der Waals surface area contributed by atoms with Crippen molar-refractivity contribution < 1.29 is 29.3 Å². The summed E-state index contributed by atoms with van der Waals surface area (Å²) in [5.41, 5.74) is -2.50. The summed E-state index contributed by atoms with van der Waals surface area (Å²) in [5.74, 6) is -0.653. The van der Waals surface area contributed by atoms with Crippen molar-refractivity contribution >= 4 is 23.7 Å². The normalized spacial score (nSPS) is 23.8. The van der Waals surface area contributed by atoms with Crippen molar-refractivity contribution in [1.29, 1.82) is 0 Å². The van der Waals surface area contributed by atoms with Crippen LogP contribution in [-0.4, -0.2) is 70.3 Å². The summed E-state index contributed by atoms with van der Waals surface area (Å²) in [6.07, 6.45) is 1.38. The zero-order valence-electron chi connectivity index (χ0n) is 16.2. The van der Waals surface area contributed by atoms with Crippen LogP contribution in [0.5, 0.6) is 0 Å². The van der Waals surface area contributed by atoms with E-state index in [1.165, 1.54) is 15.7 Å². The Bertz CT molecular complexity index is 849. The Morgan fingerprint density at radius 2 is 2.00 bits per heavy atom. The molecule has 1 unspecified atom stereocenters. The molecule has 1 aromatic rings. The number of amides is 1. The van der Waals surface area contributed by atoms with Crippen LogP contribution in [-0.2, 0) is 16.0 Å². The van der Waals surface area contributed by atoms with Gasteiger partial charge >= 0.3 is 12.1 Å². The zero-order valence-corrected chi connectivity index (χ0v) is 17.0. The van der Waals surface area contributed by atoms with Gasteiger partial charge in [-0.1, -0.05) is 11.6 Å². The first kappa shape index (κ1) is 21.6. The standard InChI is InChI=1S/C19H25ClN2O7/c1-2-29-16(24)13-10-22(15(23)9-14(13)20)12-19(27)3-6-21(17(25)26)11-18(19)4-7-28-8-5-18/h9-10,27H,2-8,11-12H2,1H3,(H,25,26). The third kappa shape index (κ3) is 4.12. The van der Waals surface area contributed by atoms with Gasteiger partial charge in [0.1, 0.15) is 0 Å². The zero-order chi connectivity index (χ0) is 21.2. The SMILES string of the molecule is CCOC(=O)c1cn(CC2(O)CCN(C(=O)O)CC23CCOCC3)c(=O)cc1Cl. The molecule has 10 heteroatoms. The fraction of sp³-hybridized carbons (Fsp3) is 0.632. The smallest absolute Gasteiger partial charge is 0.407 e. The molecule has 0 bridgehead atoms. The summed E-state index contributed by atoms with van der Waals surface area (Å²) >= 11 is 6.04. The molecule has 2 aliphatic rings. The minimum absolute atomic E-state index is 0.0156. The number of aromatic nitrogens is 1. The maximum Gasteiger partial charge on any atom is 0.407 e. The largest absolute Gasteiger partial charge is 0.465 e. The van der Waals surface area contributed by atoms with E-state index >= 15 is 0 Å². The number of carbonyl (C=O) groups excluding carboxylic acids is 1. The Balaban J connectivity index is 1.96. The maximum absolute atomic E-state index is 12.5. The van der Waals surface area contributed by atoms with Gasteiger partial charge < -0.3 is 29.2 Å². The first-order valence-corrected chi connectivity index (χ1v) is 9.94. The van der Waals surface area contributed by atoms with Crippen molar-refractivity contribution in [3.05, 3.63) is 33.2 Å². The van der Waals surface area contributed by atoms with Gasteiger partial charge in [-0.15, -0.1) is 0 Å². The molecule has 0 radical (unpaired) electrons. The third-order valence-corrected chi connectivity index (χ3v) is 6.31. The van der Waals surface area contributed by atoms with Gasteiger partial charge in [-0.3, -0.25) is 4.79 Å². The molecule has 2 aliphatic heterocycles. The predicted molar refractivity (Wildman–Crippen MR) is 103 cm³/mol. The first-order valence-electron chi connectivity index (χ1n) is 9.56. The Kier molecular flexibility index (Phi) is 6.21. The second-order valence-corrected chi connectivity index (χ2v) is 8.01. The molecular formula is C19H25ClN2O7. The number of likely N-dealkylation sites (tertiary alicyclic amines) is 1. The second kappa shape index (κ2) is 8.33. The van der Waals surface area contributed by atoms with Crippen LogP contribution < -0.4 is 5.56 Å². The number of hydrogen-bond donors (Lipinski definition) is 2. The van der Waals surface area contributed by atoms with Crippen LogP contribution in [0.1, 0.15) is 36.5 Å². The maximum atomic E-state index is 12.5. The van der Waals surface area contributed by atoms with Gasteiger partial charge in [0.2, 0.25) is 0 Å². The highest BCUT2D eigenvalue weighted by Crippen LogP contribution is 2.47. The highest BCUT2D eigenvalue weighted by molar-refractivity contribution is 6.33. The average Bonchev–Trinajstić information content (AvgIpc) is 2.67. The number of pyridine rings is 1. The van der Waals surface area contributed by atoms with Crippen LogP contribution >= 0.6 is 11.6 Å². The Morgan fingerprint density at radius 1 is 1.31 bits per heavy atom. The van der Waals surface area contributed by atoms with E-state index in [0.717, 1.165) is 6.07 Å². The molecule has 9 nitrogen and oxygen atoms in total. The topological polar surface area (TPSA) is 118 Å². The van der Waals surface area contributed by atoms with Gasteiger partial charge in [-0.2, -0.15) is 0 Å². The number of ether oxygens (including phenoxy) is 2. The Morgan fingerprint density at radius 3 is 2.62 bits per heavy atom. The molecule has 3 rings (SSSR count). The van der Waals surface area contributed by atoms with Crippen molar-refractivity contribution in [1.82, 2.24) is 9.47 Å². The van der Waals surface area contributed by atoms with E-state index in [1.807, 2.05) is 0 Å². The van der Waals surface area contributed by atoms with Gasteiger partial charge in [-0.25, -0.2) is 9.59 Å². The summed E-state index contributed by atoms with van der Waals surface area (Å²) < 4.78 is 11.7. The monoisotopic (exact) mass is 428 g/mol. The average molecular weight is 429 g/mol. The van der Waals surface area contributed by atoms with Gasteiger partial charge in [0.05, 0.1) is 29.3 Å². The molecule has 0 aliphatic carbocycles. The molecule has 2 fully saturated rings. The number of rotatable bonds is 4. The van der Waals surface area contributed by atoms with Crippen LogP contribution in [0.4, 0.5) is 4.79 Å². The lowest BCUT2D eigenvalue weighted by molar-refractivity contribution is -0.174. The van der Waals surface area contributed by atoms with Crippen LogP contribution in [0.25, 0.3) is 0 Å². The highest BCUT2D eigenvalue weighted by Gasteiger charge is 2.55. The van der Waals surface area contributed by atoms with E-state index in [4.69, 9.17) is 21.1 Å². The second-order valence-electron chi connectivity index (χ2n) is 7.60. The fourth-order valence-electron chi connectivity index (χ4n) is 4.29. The van der Waals surface area contributed by atoms with Gasteiger partial charge in [0, 0.05) is 44.0 Å². The molecule has 1 amide bonds. The minimum atomic E-state index is -1.34. The van der Waals surface area contributed by atoms with Crippen molar-refractivity contribution in [3.8, 4) is 0 Å². The lowest BCUT2D eigenvalue weighted by Crippen LogP contribution is -2.64. The summed E-state index contributed by atoms with van der Waals surface area (Å²) in [6, 6.07) is 1.13. The Hall–Kier alpha value is -2.10. The quantitative estimate of drug-likeness (QED) is 0.699. The molecule has 2 N–H and O–H groups in total. The van der Waals surface area contributed by atoms with Gasteiger partial charge in [0.15, 0.2) is 0 Å². The number of aliphatic hydroxyl groups is 1. The van der Waals surface area contributed by atoms with E-state index in [9.17, 15) is 24.6 Å². The third-order valence-electron chi connectivity index (χ3n) is 6.00. The lowest BCUT2D eigenvalue weighted by atomic mass is 9.63. The van der Waals surface area contributed by atoms with Crippen molar-refractivity contribution in [2.45, 2.75) is 38.3 Å². The number of esters is 1. The molecule has 1 spiro atoms. The molecule has 160 valence electrons. The van der Waals surface area contributed by atoms with Crippen molar-refractivity contribution in [2.24, 2.45) is 5.41 Å². The van der Waals surface area contributed by atoms with Crippen LogP contribution in [0.15, 0.2) is 17.1 Å². The van der Waals surface area contributed by atoms with E-state index in [1.54, 1.807) is 6.92 Å². The number of piperidine rings is 1. The Labute approximate surface area is 172 Å². The van der Waals surface area contributed by atoms with Crippen LogP contribution in [0.3, 0.4) is 0 Å². The van der Waals surface area contributed by atoms with E-state index < -0.39 is 28.6 Å². The number of halogens is 1. The first-order chi connectivity index (χ1) is 13.7. The van der Waals surface area contributed by atoms with Crippen molar-refractivity contribution in [2.75, 3.05) is 32.9 Å². The van der Waals surface area contributed by atoms with Crippen molar-refractivity contribution in [3.63, 3.8) is 0 Å². The highest BCUT2D eigenvalue weighted by atomic mass is 35.5. The van der Waals surface area contributed by atoms with E-state index in [-0.39, 0.29) is 43.2 Å².